The van der Waals surface area contributed by atoms with Crippen LogP contribution in [0.1, 0.15) is 27.2 Å². The smallest absolute Gasteiger partial charge is 0.258 e. The molecule has 1 amide bonds. The van der Waals surface area contributed by atoms with E-state index in [2.05, 4.69) is 16.0 Å². The van der Waals surface area contributed by atoms with Gasteiger partial charge in [-0.15, -0.1) is 11.3 Å². The van der Waals surface area contributed by atoms with Gasteiger partial charge in [-0.1, -0.05) is 24.3 Å². The second-order valence-electron chi connectivity index (χ2n) is 8.30. The minimum atomic E-state index is -0.0710. The highest BCUT2D eigenvalue weighted by atomic mass is 32.1. The van der Waals surface area contributed by atoms with Gasteiger partial charge in [-0.25, -0.2) is 4.98 Å². The zero-order valence-electron chi connectivity index (χ0n) is 19.0. The topological polar surface area (TPSA) is 90.9 Å². The summed E-state index contributed by atoms with van der Waals surface area (Å²) in [6, 6.07) is 18.2. The molecule has 1 saturated heterocycles. The molecule has 0 atom stereocenters. The van der Waals surface area contributed by atoms with Gasteiger partial charge < -0.3 is 9.64 Å². The Labute approximate surface area is 206 Å². The summed E-state index contributed by atoms with van der Waals surface area (Å²) < 4.78 is 7.41. The molecule has 3 heterocycles. The molecule has 0 unspecified atom stereocenters. The molecule has 4 aromatic rings. The summed E-state index contributed by atoms with van der Waals surface area (Å²) in [4.78, 5) is 34.7. The number of rotatable bonds is 6. The Morgan fingerprint density at radius 1 is 1.09 bits per heavy atom. The first kappa shape index (κ1) is 22.8. The normalized spacial score (nSPS) is 14.1. The quantitative estimate of drug-likeness (QED) is 0.417. The first-order valence-electron chi connectivity index (χ1n) is 11.3. The maximum atomic E-state index is 13.1. The lowest BCUT2D eigenvalue weighted by atomic mass is 10.1. The molecule has 2 aromatic heterocycles. The number of nitrogens with zero attached hydrogens (tertiary/aromatic N) is 5. The molecule has 0 radical (unpaired) electrons. The Balaban J connectivity index is 1.18. The lowest BCUT2D eigenvalue weighted by Crippen LogP contribution is -2.48. The number of hydrogen-bond acceptors (Lipinski definition) is 7. The number of carbonyl (C=O) groups excluding carboxylic acids is 1. The van der Waals surface area contributed by atoms with Crippen molar-refractivity contribution in [1.29, 1.82) is 5.26 Å². The Hall–Kier alpha value is -4.00. The zero-order valence-corrected chi connectivity index (χ0v) is 19.8. The van der Waals surface area contributed by atoms with Crippen molar-refractivity contribution in [2.45, 2.75) is 13.2 Å². The average molecular weight is 486 g/mol. The van der Waals surface area contributed by atoms with Crippen LogP contribution >= 0.6 is 11.3 Å². The molecule has 1 fully saturated rings. The summed E-state index contributed by atoms with van der Waals surface area (Å²) >= 11 is 1.44. The van der Waals surface area contributed by atoms with Crippen LogP contribution in [-0.4, -0.2) is 51.3 Å². The molecule has 0 spiro atoms. The van der Waals surface area contributed by atoms with E-state index in [0.29, 0.717) is 54.6 Å². The monoisotopic (exact) mass is 485 g/mol. The van der Waals surface area contributed by atoms with Gasteiger partial charge in [-0.3, -0.25) is 18.9 Å². The number of piperazine rings is 1. The molecular weight excluding hydrogens is 462 g/mol. The molecule has 1 aliphatic heterocycles. The van der Waals surface area contributed by atoms with Crippen LogP contribution in [0.4, 0.5) is 0 Å². The van der Waals surface area contributed by atoms with E-state index < -0.39 is 0 Å². The van der Waals surface area contributed by atoms with E-state index in [0.717, 1.165) is 11.3 Å². The fourth-order valence-electron chi connectivity index (χ4n) is 4.12. The second-order valence-corrected chi connectivity index (χ2v) is 9.17. The summed E-state index contributed by atoms with van der Waals surface area (Å²) in [6.45, 7) is 3.45. The van der Waals surface area contributed by atoms with E-state index in [4.69, 9.17) is 4.74 Å². The van der Waals surface area contributed by atoms with Gasteiger partial charge in [0.1, 0.15) is 12.4 Å². The third-order valence-corrected chi connectivity index (χ3v) is 6.77. The summed E-state index contributed by atoms with van der Waals surface area (Å²) in [6.07, 6.45) is 1.73. The maximum Gasteiger partial charge on any atom is 0.258 e. The lowest BCUT2D eigenvalue weighted by molar-refractivity contribution is 0.0626. The number of benzene rings is 2. The van der Waals surface area contributed by atoms with E-state index in [1.807, 2.05) is 34.5 Å². The molecule has 0 N–H and O–H groups in total. The van der Waals surface area contributed by atoms with Gasteiger partial charge in [0.15, 0.2) is 4.96 Å². The van der Waals surface area contributed by atoms with Crippen molar-refractivity contribution < 1.29 is 9.53 Å². The number of fused-ring (bicyclic) bond motifs is 1. The van der Waals surface area contributed by atoms with Crippen molar-refractivity contribution in [2.75, 3.05) is 26.2 Å². The summed E-state index contributed by atoms with van der Waals surface area (Å²) in [5.74, 6) is 0.549. The molecule has 8 nitrogen and oxygen atoms in total. The van der Waals surface area contributed by atoms with Crippen molar-refractivity contribution in [3.05, 3.63) is 98.9 Å². The van der Waals surface area contributed by atoms with Crippen molar-refractivity contribution in [3.8, 4) is 11.8 Å². The van der Waals surface area contributed by atoms with E-state index in [1.54, 1.807) is 40.9 Å². The van der Waals surface area contributed by atoms with Gasteiger partial charge >= 0.3 is 0 Å². The number of aromatic nitrogens is 2. The third-order valence-electron chi connectivity index (χ3n) is 6.01. The molecule has 9 heteroatoms. The Morgan fingerprint density at radius 3 is 2.74 bits per heavy atom. The lowest BCUT2D eigenvalue weighted by Gasteiger charge is -2.34. The van der Waals surface area contributed by atoms with Gasteiger partial charge in [0.05, 0.1) is 17.3 Å². The van der Waals surface area contributed by atoms with Crippen LogP contribution in [0.2, 0.25) is 0 Å². The minimum absolute atomic E-state index is 0.0381. The highest BCUT2D eigenvalue weighted by Gasteiger charge is 2.23. The van der Waals surface area contributed by atoms with Gasteiger partial charge in [0.25, 0.3) is 11.5 Å². The molecule has 35 heavy (non-hydrogen) atoms. The number of carbonyl (C=O) groups is 1. The van der Waals surface area contributed by atoms with Crippen LogP contribution in [0, 0.1) is 11.3 Å². The third kappa shape index (κ3) is 5.09. The molecule has 176 valence electrons. The van der Waals surface area contributed by atoms with Crippen molar-refractivity contribution >= 4 is 22.2 Å². The van der Waals surface area contributed by atoms with Crippen LogP contribution < -0.4 is 10.3 Å². The van der Waals surface area contributed by atoms with Gasteiger partial charge in [-0.2, -0.15) is 5.26 Å². The van der Waals surface area contributed by atoms with Crippen LogP contribution in [0.5, 0.6) is 5.75 Å². The minimum Gasteiger partial charge on any atom is -0.489 e. The van der Waals surface area contributed by atoms with Gasteiger partial charge in [-0.05, 0) is 24.3 Å². The van der Waals surface area contributed by atoms with E-state index in [9.17, 15) is 14.9 Å². The maximum absolute atomic E-state index is 13.1. The molecule has 5 rings (SSSR count). The van der Waals surface area contributed by atoms with Crippen molar-refractivity contribution in [2.24, 2.45) is 0 Å². The number of thiazole rings is 1. The summed E-state index contributed by atoms with van der Waals surface area (Å²) in [5.41, 5.74) is 2.63. The van der Waals surface area contributed by atoms with Crippen molar-refractivity contribution in [3.63, 3.8) is 0 Å². The fourth-order valence-corrected chi connectivity index (χ4v) is 4.86. The first-order chi connectivity index (χ1) is 17.1. The molecule has 0 saturated carbocycles. The van der Waals surface area contributed by atoms with Gasteiger partial charge in [0, 0.05) is 61.5 Å². The predicted molar refractivity (Wildman–Crippen MR) is 132 cm³/mol. The van der Waals surface area contributed by atoms with Crippen LogP contribution in [0.25, 0.3) is 4.96 Å². The van der Waals surface area contributed by atoms with E-state index in [-0.39, 0.29) is 18.1 Å². The number of hydrogen-bond donors (Lipinski definition) is 0. The SMILES string of the molecule is N#Cc1ccccc1COc1cccc(C(=O)N2CCN(Cc3cc(=O)n4ccsc4n3)CC2)c1. The number of amides is 1. The Bertz CT molecular complexity index is 1460. The predicted octanol–water partition coefficient (Wildman–Crippen LogP) is 3.16. The highest BCUT2D eigenvalue weighted by Crippen LogP contribution is 2.19. The van der Waals surface area contributed by atoms with Crippen LogP contribution in [0.3, 0.4) is 0 Å². The van der Waals surface area contributed by atoms with Crippen LogP contribution in [-0.2, 0) is 13.2 Å². The average Bonchev–Trinajstić information content (AvgIpc) is 3.37. The molecular formula is C26H23N5O3S. The summed E-state index contributed by atoms with van der Waals surface area (Å²) in [7, 11) is 0. The standard InChI is InChI=1S/C26H23N5O3S/c27-16-20-4-1-2-5-21(20)18-34-23-7-3-6-19(14-23)25(33)30-10-8-29(9-11-30)17-22-15-24(32)31-12-13-35-26(31)28-22/h1-7,12-15H,8-11,17-18H2. The van der Waals surface area contributed by atoms with Crippen LogP contribution in [0.15, 0.2) is 71.0 Å². The van der Waals surface area contributed by atoms with Gasteiger partial charge in [0.2, 0.25) is 0 Å². The number of nitriles is 1. The zero-order chi connectivity index (χ0) is 24.2. The highest BCUT2D eigenvalue weighted by molar-refractivity contribution is 7.15. The molecule has 2 aromatic carbocycles. The molecule has 1 aliphatic rings. The Morgan fingerprint density at radius 2 is 1.91 bits per heavy atom. The van der Waals surface area contributed by atoms with Crippen molar-refractivity contribution in [1.82, 2.24) is 19.2 Å². The molecule has 0 aliphatic carbocycles. The first-order valence-corrected chi connectivity index (χ1v) is 12.2. The second kappa shape index (κ2) is 10.1. The fraction of sp³-hybridized carbons (Fsp3) is 0.231. The van der Waals surface area contributed by atoms with E-state index >= 15 is 0 Å². The summed E-state index contributed by atoms with van der Waals surface area (Å²) in [5, 5.41) is 11.1. The largest absolute Gasteiger partial charge is 0.489 e. The number of ether oxygens (including phenoxy) is 1. The molecule has 0 bridgehead atoms. The Kier molecular flexibility index (Phi) is 6.57. The van der Waals surface area contributed by atoms with E-state index in [1.165, 1.54) is 11.3 Å².